The molecule has 0 saturated carbocycles. The zero-order valence-corrected chi connectivity index (χ0v) is 15.2. The Bertz CT molecular complexity index is 811. The van der Waals surface area contributed by atoms with Crippen LogP contribution in [0.1, 0.15) is 11.1 Å². The fraction of sp³-hybridized carbons (Fsp3) is 0.100. The van der Waals surface area contributed by atoms with Gasteiger partial charge in [-0.2, -0.15) is 0 Å². The minimum Gasteiger partial charge on any atom is -0.414 e. The van der Waals surface area contributed by atoms with Crippen molar-refractivity contribution < 1.29 is 9.09 Å². The maximum atomic E-state index is 13.4. The largest absolute Gasteiger partial charge is 0.444 e. The van der Waals surface area contributed by atoms with E-state index in [0.29, 0.717) is 5.75 Å². The molecule has 3 aromatic carbocycles. The van der Waals surface area contributed by atoms with Gasteiger partial charge in [0.1, 0.15) is 5.75 Å². The van der Waals surface area contributed by atoms with Gasteiger partial charge in [0.2, 0.25) is 0 Å². The molecule has 0 radical (unpaired) electrons. The summed E-state index contributed by atoms with van der Waals surface area (Å²) in [4.78, 5) is 0. The van der Waals surface area contributed by atoms with Crippen molar-refractivity contribution in [2.75, 3.05) is 10.2 Å². The highest BCUT2D eigenvalue weighted by Gasteiger charge is 2.25. The molecule has 0 atom stereocenters. The lowest BCUT2D eigenvalue weighted by Crippen LogP contribution is -2.12. The first-order valence-electron chi connectivity index (χ1n) is 8.07. The van der Waals surface area contributed by atoms with E-state index in [9.17, 15) is 4.57 Å². The number of benzene rings is 3. The first-order chi connectivity index (χ1) is 12.0. The molecule has 128 valence electrons. The minimum atomic E-state index is -3.42. The van der Waals surface area contributed by atoms with Crippen LogP contribution < -0.4 is 14.7 Å². The van der Waals surface area contributed by atoms with E-state index in [1.807, 2.05) is 80.6 Å². The first kappa shape index (κ1) is 17.1. The summed E-state index contributed by atoms with van der Waals surface area (Å²) in [5.41, 5.74) is 3.72. The van der Waals surface area contributed by atoms with E-state index in [-0.39, 0.29) is 0 Å². The van der Waals surface area contributed by atoms with Crippen LogP contribution in [0.15, 0.2) is 78.9 Å². The Balaban J connectivity index is 1.87. The Morgan fingerprint density at radius 2 is 1.12 bits per heavy atom. The van der Waals surface area contributed by atoms with Gasteiger partial charge in [0.15, 0.2) is 0 Å². The highest BCUT2D eigenvalue weighted by molar-refractivity contribution is 7.62. The molecule has 3 rings (SSSR count). The predicted octanol–water partition coefficient (Wildman–Crippen LogP) is 6.01. The smallest absolute Gasteiger partial charge is 0.414 e. The lowest BCUT2D eigenvalue weighted by molar-refractivity contribution is 0.493. The van der Waals surface area contributed by atoms with Gasteiger partial charge in [-0.15, -0.1) is 0 Å². The van der Waals surface area contributed by atoms with Crippen LogP contribution in [0.25, 0.3) is 0 Å². The molecule has 0 spiro atoms. The lowest BCUT2D eigenvalue weighted by atomic mass is 10.2. The van der Waals surface area contributed by atoms with E-state index in [0.717, 1.165) is 22.5 Å². The maximum Gasteiger partial charge on any atom is 0.444 e. The van der Waals surface area contributed by atoms with E-state index in [1.165, 1.54) is 0 Å². The molecule has 0 aliphatic carbocycles. The molecule has 0 amide bonds. The van der Waals surface area contributed by atoms with Crippen LogP contribution in [0.4, 0.5) is 11.4 Å². The van der Waals surface area contributed by atoms with Crippen molar-refractivity contribution in [3.8, 4) is 5.75 Å². The Labute approximate surface area is 148 Å². The molecule has 3 aromatic rings. The van der Waals surface area contributed by atoms with Gasteiger partial charge in [0.25, 0.3) is 0 Å². The predicted molar refractivity (Wildman–Crippen MR) is 104 cm³/mol. The average molecular weight is 352 g/mol. The highest BCUT2D eigenvalue weighted by Crippen LogP contribution is 2.46. The second-order valence-electron chi connectivity index (χ2n) is 5.91. The van der Waals surface area contributed by atoms with Gasteiger partial charge in [0.05, 0.1) is 0 Å². The summed E-state index contributed by atoms with van der Waals surface area (Å²) in [7, 11) is -3.42. The van der Waals surface area contributed by atoms with Crippen LogP contribution >= 0.6 is 7.67 Å². The van der Waals surface area contributed by atoms with Crippen molar-refractivity contribution in [3.63, 3.8) is 0 Å². The number of hydrogen-bond acceptors (Lipinski definition) is 2. The molecule has 4 nitrogen and oxygen atoms in total. The summed E-state index contributed by atoms with van der Waals surface area (Å²) in [5, 5.41) is 6.03. The third-order valence-corrected chi connectivity index (χ3v) is 5.21. The van der Waals surface area contributed by atoms with Crippen molar-refractivity contribution >= 4 is 19.0 Å². The fourth-order valence-electron chi connectivity index (χ4n) is 2.30. The van der Waals surface area contributed by atoms with Crippen LogP contribution in [0.5, 0.6) is 5.75 Å². The first-order valence-corrected chi connectivity index (χ1v) is 9.69. The molecule has 0 aliphatic rings. The van der Waals surface area contributed by atoms with Crippen molar-refractivity contribution in [1.82, 2.24) is 0 Å². The lowest BCUT2D eigenvalue weighted by Gasteiger charge is -2.22. The van der Waals surface area contributed by atoms with Crippen LogP contribution in [0, 0.1) is 13.8 Å². The number of nitrogens with one attached hydrogen (secondary N) is 2. The van der Waals surface area contributed by atoms with Gasteiger partial charge in [-0.25, -0.2) is 4.57 Å². The quantitative estimate of drug-likeness (QED) is 0.533. The fourth-order valence-corrected chi connectivity index (χ4v) is 3.84. The summed E-state index contributed by atoms with van der Waals surface area (Å²) in [6.45, 7) is 4.02. The summed E-state index contributed by atoms with van der Waals surface area (Å²) in [5.74, 6) is 0.532. The average Bonchev–Trinajstić information content (AvgIpc) is 2.60. The van der Waals surface area contributed by atoms with Crippen LogP contribution in [-0.2, 0) is 4.57 Å². The van der Waals surface area contributed by atoms with Gasteiger partial charge < -0.3 is 4.52 Å². The molecule has 5 heteroatoms. The number of aryl methyl sites for hydroxylation is 2. The zero-order valence-electron chi connectivity index (χ0n) is 14.3. The molecular weight excluding hydrogens is 331 g/mol. The van der Waals surface area contributed by atoms with E-state index in [1.54, 1.807) is 12.1 Å². The molecular formula is C20H21N2O2P. The summed E-state index contributed by atoms with van der Waals surface area (Å²) < 4.78 is 19.3. The molecule has 0 unspecified atom stereocenters. The zero-order chi connectivity index (χ0) is 17.7. The second kappa shape index (κ2) is 7.45. The van der Waals surface area contributed by atoms with Crippen molar-refractivity contribution in [2.45, 2.75) is 13.8 Å². The SMILES string of the molecule is Cc1ccc(NP(=O)(Nc2ccc(C)cc2)Oc2ccccc2)cc1. The molecule has 0 fully saturated rings. The van der Waals surface area contributed by atoms with E-state index < -0.39 is 7.67 Å². The van der Waals surface area contributed by atoms with Crippen molar-refractivity contribution in [3.05, 3.63) is 90.0 Å². The summed E-state index contributed by atoms with van der Waals surface area (Å²) >= 11 is 0. The Morgan fingerprint density at radius 1 is 0.680 bits per heavy atom. The van der Waals surface area contributed by atoms with E-state index >= 15 is 0 Å². The highest BCUT2D eigenvalue weighted by atomic mass is 31.2. The van der Waals surface area contributed by atoms with Gasteiger partial charge >= 0.3 is 7.67 Å². The standard InChI is InChI=1S/C20H21N2O2P/c1-16-8-12-18(13-9-16)21-25(23,24-20-6-4-3-5-7-20)22-19-14-10-17(2)11-15-19/h3-15H,1-2H3,(H2,21,22,23). The monoisotopic (exact) mass is 352 g/mol. The number of rotatable bonds is 6. The molecule has 25 heavy (non-hydrogen) atoms. The molecule has 0 aromatic heterocycles. The summed E-state index contributed by atoms with van der Waals surface area (Å²) in [6, 6.07) is 24.5. The molecule has 0 aliphatic heterocycles. The van der Waals surface area contributed by atoms with Crippen molar-refractivity contribution in [1.29, 1.82) is 0 Å². The maximum absolute atomic E-state index is 13.4. The van der Waals surface area contributed by atoms with Gasteiger partial charge in [-0.3, -0.25) is 10.2 Å². The minimum absolute atomic E-state index is 0.532. The second-order valence-corrected chi connectivity index (χ2v) is 7.64. The Morgan fingerprint density at radius 3 is 1.56 bits per heavy atom. The van der Waals surface area contributed by atoms with Crippen LogP contribution in [0.2, 0.25) is 0 Å². The van der Waals surface area contributed by atoms with E-state index in [4.69, 9.17) is 4.52 Å². The normalized spacial score (nSPS) is 11.0. The van der Waals surface area contributed by atoms with Crippen LogP contribution in [0.3, 0.4) is 0 Å². The molecule has 2 N–H and O–H groups in total. The third kappa shape index (κ3) is 4.88. The van der Waals surface area contributed by atoms with Gasteiger partial charge in [-0.1, -0.05) is 53.6 Å². The van der Waals surface area contributed by atoms with Crippen LogP contribution in [-0.4, -0.2) is 0 Å². The number of para-hydroxylation sites is 1. The third-order valence-electron chi connectivity index (χ3n) is 3.63. The van der Waals surface area contributed by atoms with E-state index in [2.05, 4.69) is 10.2 Å². The number of hydrogen-bond donors (Lipinski definition) is 2. The Kier molecular flexibility index (Phi) is 5.11. The summed E-state index contributed by atoms with van der Waals surface area (Å²) in [6.07, 6.45) is 0. The molecule has 0 heterocycles. The molecule has 0 bridgehead atoms. The topological polar surface area (TPSA) is 50.4 Å². The number of anilines is 2. The van der Waals surface area contributed by atoms with Crippen molar-refractivity contribution in [2.24, 2.45) is 0 Å². The Hall–Kier alpha value is -2.71. The van der Waals surface area contributed by atoms with Gasteiger partial charge in [0, 0.05) is 11.4 Å². The molecule has 0 saturated heterocycles. The van der Waals surface area contributed by atoms with Gasteiger partial charge in [-0.05, 0) is 50.2 Å².